The largest absolute Gasteiger partial charge is 0.356 e. The van der Waals surface area contributed by atoms with Gasteiger partial charge in [0.05, 0.1) is 5.56 Å². The van der Waals surface area contributed by atoms with Crippen molar-refractivity contribution in [3.05, 3.63) is 52.8 Å². The molecule has 0 aliphatic carbocycles. The average Bonchev–Trinajstić information content (AvgIpc) is 2.73. The highest BCUT2D eigenvalue weighted by Crippen LogP contribution is 2.15. The third kappa shape index (κ3) is 2.60. The van der Waals surface area contributed by atoms with Gasteiger partial charge in [-0.05, 0) is 24.3 Å². The summed E-state index contributed by atoms with van der Waals surface area (Å²) in [6.45, 7) is 0. The first kappa shape index (κ1) is 12.4. The van der Waals surface area contributed by atoms with Gasteiger partial charge in [0.1, 0.15) is 0 Å². The lowest BCUT2D eigenvalue weighted by Crippen LogP contribution is -2.12. The molecule has 2 rings (SSSR count). The topological polar surface area (TPSA) is 51.1 Å². The SMILES string of the molecule is Cn1cc(C=O)c(C(=O)Nc2ccc(Cl)cc2)c1. The maximum absolute atomic E-state index is 12.0. The lowest BCUT2D eigenvalue weighted by Gasteiger charge is -2.04. The van der Waals surface area contributed by atoms with E-state index in [9.17, 15) is 9.59 Å². The van der Waals surface area contributed by atoms with E-state index in [0.29, 0.717) is 28.1 Å². The van der Waals surface area contributed by atoms with E-state index in [4.69, 9.17) is 11.6 Å². The predicted molar refractivity (Wildman–Crippen MR) is 70.2 cm³/mol. The summed E-state index contributed by atoms with van der Waals surface area (Å²) in [7, 11) is 1.76. The van der Waals surface area contributed by atoms with Crippen LogP contribution in [0.5, 0.6) is 0 Å². The maximum Gasteiger partial charge on any atom is 0.257 e. The molecule has 0 saturated carbocycles. The number of nitrogens with zero attached hydrogens (tertiary/aromatic N) is 1. The van der Waals surface area contributed by atoms with Gasteiger partial charge in [0, 0.05) is 35.7 Å². The van der Waals surface area contributed by atoms with Crippen molar-refractivity contribution in [2.24, 2.45) is 7.05 Å². The zero-order valence-electron chi connectivity index (χ0n) is 9.68. The Morgan fingerprint density at radius 2 is 1.94 bits per heavy atom. The third-order valence-electron chi connectivity index (χ3n) is 2.46. The van der Waals surface area contributed by atoms with Crippen molar-refractivity contribution in [1.82, 2.24) is 4.57 Å². The van der Waals surface area contributed by atoms with Gasteiger partial charge in [-0.25, -0.2) is 0 Å². The molecule has 18 heavy (non-hydrogen) atoms. The zero-order valence-corrected chi connectivity index (χ0v) is 10.4. The van der Waals surface area contributed by atoms with Gasteiger partial charge in [-0.3, -0.25) is 9.59 Å². The molecule has 1 aromatic heterocycles. The highest BCUT2D eigenvalue weighted by Gasteiger charge is 2.13. The average molecular weight is 263 g/mol. The van der Waals surface area contributed by atoms with E-state index in [1.165, 1.54) is 0 Å². The molecule has 1 heterocycles. The molecular formula is C13H11ClN2O2. The predicted octanol–water partition coefficient (Wildman–Crippen LogP) is 2.74. The zero-order chi connectivity index (χ0) is 13.1. The molecular weight excluding hydrogens is 252 g/mol. The van der Waals surface area contributed by atoms with E-state index < -0.39 is 0 Å². The Morgan fingerprint density at radius 1 is 1.28 bits per heavy atom. The van der Waals surface area contributed by atoms with Crippen molar-refractivity contribution < 1.29 is 9.59 Å². The number of amides is 1. The van der Waals surface area contributed by atoms with Crippen molar-refractivity contribution in [1.29, 1.82) is 0 Å². The number of aldehydes is 1. The van der Waals surface area contributed by atoms with Gasteiger partial charge in [0.2, 0.25) is 0 Å². The molecule has 0 saturated heterocycles. The minimum Gasteiger partial charge on any atom is -0.356 e. The van der Waals surface area contributed by atoms with Gasteiger partial charge in [-0.2, -0.15) is 0 Å². The second-order valence-electron chi connectivity index (χ2n) is 3.87. The lowest BCUT2D eigenvalue weighted by molar-refractivity contribution is 0.101. The normalized spacial score (nSPS) is 10.1. The quantitative estimate of drug-likeness (QED) is 0.865. The first-order chi connectivity index (χ1) is 8.60. The van der Waals surface area contributed by atoms with Gasteiger partial charge >= 0.3 is 0 Å². The molecule has 0 atom stereocenters. The van der Waals surface area contributed by atoms with E-state index >= 15 is 0 Å². The molecule has 92 valence electrons. The number of anilines is 1. The van der Waals surface area contributed by atoms with Gasteiger partial charge < -0.3 is 9.88 Å². The fourth-order valence-electron chi connectivity index (χ4n) is 1.62. The minimum atomic E-state index is -0.319. The van der Waals surface area contributed by atoms with Crippen LogP contribution in [-0.2, 0) is 7.05 Å². The summed E-state index contributed by atoms with van der Waals surface area (Å²) in [6.07, 6.45) is 3.87. The van der Waals surface area contributed by atoms with Crippen molar-refractivity contribution >= 4 is 29.5 Å². The Morgan fingerprint density at radius 3 is 2.56 bits per heavy atom. The number of carbonyl (C=O) groups excluding carboxylic acids is 2. The second-order valence-corrected chi connectivity index (χ2v) is 4.31. The number of hydrogen-bond donors (Lipinski definition) is 1. The Kier molecular flexibility index (Phi) is 3.48. The summed E-state index contributed by atoms with van der Waals surface area (Å²) in [6, 6.07) is 6.76. The molecule has 1 N–H and O–H groups in total. The highest BCUT2D eigenvalue weighted by atomic mass is 35.5. The van der Waals surface area contributed by atoms with Crippen LogP contribution in [0.15, 0.2) is 36.7 Å². The molecule has 1 amide bonds. The summed E-state index contributed by atoms with van der Waals surface area (Å²) in [5.41, 5.74) is 1.34. The molecule has 0 bridgehead atoms. The number of aryl methyl sites for hydroxylation is 1. The van der Waals surface area contributed by atoms with Crippen molar-refractivity contribution in [3.8, 4) is 0 Å². The molecule has 1 aromatic carbocycles. The first-order valence-electron chi connectivity index (χ1n) is 5.28. The summed E-state index contributed by atoms with van der Waals surface area (Å²) in [5, 5.41) is 3.30. The van der Waals surface area contributed by atoms with Crippen LogP contribution in [0.4, 0.5) is 5.69 Å². The second kappa shape index (κ2) is 5.06. The first-order valence-corrected chi connectivity index (χ1v) is 5.66. The lowest BCUT2D eigenvalue weighted by atomic mass is 10.2. The third-order valence-corrected chi connectivity index (χ3v) is 2.71. The van der Waals surface area contributed by atoms with E-state index in [0.717, 1.165) is 0 Å². The van der Waals surface area contributed by atoms with Crippen LogP contribution in [0, 0.1) is 0 Å². The van der Waals surface area contributed by atoms with Crippen molar-refractivity contribution in [2.45, 2.75) is 0 Å². The smallest absolute Gasteiger partial charge is 0.257 e. The van der Waals surface area contributed by atoms with Gasteiger partial charge in [-0.15, -0.1) is 0 Å². The fraction of sp³-hybridized carbons (Fsp3) is 0.0769. The summed E-state index contributed by atoms with van der Waals surface area (Å²) in [4.78, 5) is 22.8. The van der Waals surface area contributed by atoms with Crippen LogP contribution in [0.25, 0.3) is 0 Å². The number of benzene rings is 1. The van der Waals surface area contributed by atoms with Crippen LogP contribution in [0.1, 0.15) is 20.7 Å². The Hall–Kier alpha value is -2.07. The number of carbonyl (C=O) groups is 2. The van der Waals surface area contributed by atoms with E-state index in [1.807, 2.05) is 0 Å². The Bertz CT molecular complexity index is 588. The monoisotopic (exact) mass is 262 g/mol. The molecule has 0 radical (unpaired) electrons. The van der Waals surface area contributed by atoms with Crippen LogP contribution in [0.3, 0.4) is 0 Å². The van der Waals surface area contributed by atoms with E-state index in [-0.39, 0.29) is 5.91 Å². The molecule has 0 aliphatic rings. The van der Waals surface area contributed by atoms with Crippen LogP contribution in [-0.4, -0.2) is 16.8 Å². The van der Waals surface area contributed by atoms with Crippen LogP contribution in [0.2, 0.25) is 5.02 Å². The van der Waals surface area contributed by atoms with Gasteiger partial charge in [0.15, 0.2) is 6.29 Å². The molecule has 4 nitrogen and oxygen atoms in total. The molecule has 5 heteroatoms. The number of nitrogens with one attached hydrogen (secondary N) is 1. The molecule has 0 fully saturated rings. The van der Waals surface area contributed by atoms with E-state index in [1.54, 1.807) is 48.3 Å². The van der Waals surface area contributed by atoms with E-state index in [2.05, 4.69) is 5.32 Å². The molecule has 2 aromatic rings. The molecule has 0 unspecified atom stereocenters. The summed E-state index contributed by atoms with van der Waals surface area (Å²) in [5.74, 6) is -0.319. The van der Waals surface area contributed by atoms with Crippen LogP contribution >= 0.6 is 11.6 Å². The molecule has 0 spiro atoms. The number of hydrogen-bond acceptors (Lipinski definition) is 2. The fourth-order valence-corrected chi connectivity index (χ4v) is 1.75. The Labute approximate surface area is 109 Å². The number of rotatable bonds is 3. The van der Waals surface area contributed by atoms with Crippen molar-refractivity contribution in [3.63, 3.8) is 0 Å². The maximum atomic E-state index is 12.0. The Balaban J connectivity index is 2.21. The standard InChI is InChI=1S/C13H11ClN2O2/c1-16-6-9(8-17)12(7-16)13(18)15-11-4-2-10(14)3-5-11/h2-8H,1H3,(H,15,18). The van der Waals surface area contributed by atoms with Gasteiger partial charge in [-0.1, -0.05) is 11.6 Å². The summed E-state index contributed by atoms with van der Waals surface area (Å²) < 4.78 is 1.67. The summed E-state index contributed by atoms with van der Waals surface area (Å²) >= 11 is 5.75. The van der Waals surface area contributed by atoms with Crippen molar-refractivity contribution in [2.75, 3.05) is 5.32 Å². The number of halogens is 1. The number of aromatic nitrogens is 1. The van der Waals surface area contributed by atoms with Gasteiger partial charge in [0.25, 0.3) is 5.91 Å². The van der Waals surface area contributed by atoms with Crippen LogP contribution < -0.4 is 5.32 Å². The molecule has 0 aliphatic heterocycles. The highest BCUT2D eigenvalue weighted by molar-refractivity contribution is 6.30. The minimum absolute atomic E-state index is 0.319.